The van der Waals surface area contributed by atoms with E-state index in [-0.39, 0.29) is 11.6 Å². The standard InChI is InChI=1S/C14H21FN2O/c1-5-7-8-14(13(15)6-2)18-9-11(3)12(4)17-10-16/h7-10,16H,5-6H2,1-4H3/b8-7-,11-9+,14-13-,16-10?,17-12?. The zero-order valence-corrected chi connectivity index (χ0v) is 11.5. The number of hydrogen-bond donors (Lipinski definition) is 1. The van der Waals surface area contributed by atoms with Gasteiger partial charge in [0.25, 0.3) is 0 Å². The van der Waals surface area contributed by atoms with Gasteiger partial charge in [-0.25, -0.2) is 9.38 Å². The van der Waals surface area contributed by atoms with Crippen LogP contribution in [0, 0.1) is 5.41 Å². The van der Waals surface area contributed by atoms with Crippen LogP contribution >= 0.6 is 0 Å². The summed E-state index contributed by atoms with van der Waals surface area (Å²) < 4.78 is 18.9. The summed E-state index contributed by atoms with van der Waals surface area (Å²) in [5.41, 5.74) is 1.42. The SMILES string of the molecule is CC/C=C\C(O/C=C(\C)C(C)=NC=N)=C(\F)CC. The number of nitrogens with zero attached hydrogens (tertiary/aromatic N) is 1. The highest BCUT2D eigenvalue weighted by Gasteiger charge is 2.02. The van der Waals surface area contributed by atoms with Crippen molar-refractivity contribution in [3.8, 4) is 0 Å². The summed E-state index contributed by atoms with van der Waals surface area (Å²) in [6.45, 7) is 7.27. The van der Waals surface area contributed by atoms with Crippen LogP contribution in [-0.2, 0) is 4.74 Å². The van der Waals surface area contributed by atoms with Crippen LogP contribution in [0.3, 0.4) is 0 Å². The van der Waals surface area contributed by atoms with Gasteiger partial charge in [-0.3, -0.25) is 5.41 Å². The minimum atomic E-state index is -0.287. The molecule has 0 bridgehead atoms. The van der Waals surface area contributed by atoms with Gasteiger partial charge in [0.05, 0.1) is 6.26 Å². The molecule has 0 saturated carbocycles. The Morgan fingerprint density at radius 2 is 2.00 bits per heavy atom. The van der Waals surface area contributed by atoms with Gasteiger partial charge in [-0.1, -0.05) is 19.9 Å². The number of ether oxygens (including phenoxy) is 1. The molecule has 0 radical (unpaired) electrons. The van der Waals surface area contributed by atoms with Gasteiger partial charge in [-0.2, -0.15) is 0 Å². The van der Waals surface area contributed by atoms with Crippen LogP contribution in [-0.4, -0.2) is 12.1 Å². The first kappa shape index (κ1) is 16.3. The van der Waals surface area contributed by atoms with E-state index in [1.807, 2.05) is 13.0 Å². The van der Waals surface area contributed by atoms with Crippen molar-refractivity contribution in [3.05, 3.63) is 35.6 Å². The van der Waals surface area contributed by atoms with E-state index in [1.165, 1.54) is 6.26 Å². The van der Waals surface area contributed by atoms with Gasteiger partial charge in [-0.15, -0.1) is 0 Å². The molecule has 100 valence electrons. The van der Waals surface area contributed by atoms with Gasteiger partial charge in [0.2, 0.25) is 0 Å². The van der Waals surface area contributed by atoms with Gasteiger partial charge in [0.15, 0.2) is 5.76 Å². The van der Waals surface area contributed by atoms with Crippen LogP contribution in [0.5, 0.6) is 0 Å². The second-order valence-corrected chi connectivity index (χ2v) is 3.70. The summed E-state index contributed by atoms with van der Waals surface area (Å²) >= 11 is 0. The summed E-state index contributed by atoms with van der Waals surface area (Å²) in [7, 11) is 0. The van der Waals surface area contributed by atoms with E-state index >= 15 is 0 Å². The average molecular weight is 252 g/mol. The second kappa shape index (κ2) is 9.33. The molecule has 0 atom stereocenters. The Balaban J connectivity index is 4.92. The Labute approximate surface area is 108 Å². The van der Waals surface area contributed by atoms with Gasteiger partial charge >= 0.3 is 0 Å². The average Bonchev–Trinajstić information content (AvgIpc) is 2.37. The molecule has 0 aromatic carbocycles. The first-order valence-corrected chi connectivity index (χ1v) is 5.99. The molecule has 0 saturated heterocycles. The largest absolute Gasteiger partial charge is 0.462 e. The first-order valence-electron chi connectivity index (χ1n) is 5.99. The number of hydrogen-bond acceptors (Lipinski definition) is 2. The summed E-state index contributed by atoms with van der Waals surface area (Å²) in [4.78, 5) is 3.81. The lowest BCUT2D eigenvalue weighted by Crippen LogP contribution is -1.95. The van der Waals surface area contributed by atoms with E-state index in [9.17, 15) is 4.39 Å². The van der Waals surface area contributed by atoms with Crippen molar-refractivity contribution >= 4 is 12.1 Å². The molecule has 1 N–H and O–H groups in total. The van der Waals surface area contributed by atoms with Crippen molar-refractivity contribution < 1.29 is 9.13 Å². The Kier molecular flexibility index (Phi) is 8.45. The molecule has 0 aliphatic rings. The summed E-state index contributed by atoms with van der Waals surface area (Å²) in [5.74, 6) is -0.0632. The molecule has 0 spiro atoms. The van der Waals surface area contributed by atoms with E-state index < -0.39 is 0 Å². The van der Waals surface area contributed by atoms with E-state index in [1.54, 1.807) is 26.8 Å². The van der Waals surface area contributed by atoms with Gasteiger partial charge in [0, 0.05) is 17.7 Å². The minimum Gasteiger partial charge on any atom is -0.462 e. The molecule has 0 heterocycles. The third-order valence-corrected chi connectivity index (χ3v) is 2.27. The molecular formula is C14H21FN2O. The normalized spacial score (nSPS) is 14.7. The third kappa shape index (κ3) is 6.13. The zero-order chi connectivity index (χ0) is 14.0. The lowest BCUT2D eigenvalue weighted by molar-refractivity contribution is 0.340. The van der Waals surface area contributed by atoms with Gasteiger partial charge < -0.3 is 4.74 Å². The molecule has 0 amide bonds. The molecule has 4 heteroatoms. The Morgan fingerprint density at radius 1 is 1.33 bits per heavy atom. The predicted octanol–water partition coefficient (Wildman–Crippen LogP) is 4.53. The van der Waals surface area contributed by atoms with E-state index in [0.29, 0.717) is 12.1 Å². The minimum absolute atomic E-state index is 0.223. The Bertz CT molecular complexity index is 393. The summed E-state index contributed by atoms with van der Waals surface area (Å²) in [6, 6.07) is 0. The second-order valence-electron chi connectivity index (χ2n) is 3.70. The number of halogens is 1. The van der Waals surface area contributed by atoms with E-state index in [2.05, 4.69) is 4.99 Å². The molecule has 0 rings (SSSR count). The van der Waals surface area contributed by atoms with Crippen LogP contribution in [0.2, 0.25) is 0 Å². The molecule has 3 nitrogen and oxygen atoms in total. The van der Waals surface area contributed by atoms with Crippen molar-refractivity contribution in [2.75, 3.05) is 0 Å². The fourth-order valence-corrected chi connectivity index (χ4v) is 1.03. The van der Waals surface area contributed by atoms with Crippen molar-refractivity contribution in [1.82, 2.24) is 0 Å². The van der Waals surface area contributed by atoms with Crippen molar-refractivity contribution in [3.63, 3.8) is 0 Å². The Morgan fingerprint density at radius 3 is 2.50 bits per heavy atom. The van der Waals surface area contributed by atoms with Crippen LogP contribution in [0.15, 0.2) is 40.6 Å². The number of nitrogens with one attached hydrogen (secondary N) is 1. The maximum atomic E-state index is 13.5. The summed E-state index contributed by atoms with van der Waals surface area (Å²) in [5, 5.41) is 6.87. The highest BCUT2D eigenvalue weighted by molar-refractivity contribution is 6.00. The van der Waals surface area contributed by atoms with Crippen molar-refractivity contribution in [2.24, 2.45) is 4.99 Å². The maximum absolute atomic E-state index is 13.5. The summed E-state index contributed by atoms with van der Waals surface area (Å²) in [6.07, 6.45) is 7.00. The van der Waals surface area contributed by atoms with Gasteiger partial charge in [-0.05, 0) is 26.3 Å². The lowest BCUT2D eigenvalue weighted by Gasteiger charge is -2.05. The molecule has 0 aromatic rings. The maximum Gasteiger partial charge on any atom is 0.157 e. The van der Waals surface area contributed by atoms with Crippen LogP contribution in [0.25, 0.3) is 0 Å². The van der Waals surface area contributed by atoms with Crippen molar-refractivity contribution in [1.29, 1.82) is 5.41 Å². The molecule has 0 unspecified atom stereocenters. The zero-order valence-electron chi connectivity index (χ0n) is 11.5. The molecular weight excluding hydrogens is 231 g/mol. The van der Waals surface area contributed by atoms with E-state index in [4.69, 9.17) is 10.1 Å². The van der Waals surface area contributed by atoms with Crippen LogP contribution in [0.4, 0.5) is 4.39 Å². The van der Waals surface area contributed by atoms with Crippen LogP contribution in [0.1, 0.15) is 40.5 Å². The van der Waals surface area contributed by atoms with Crippen LogP contribution < -0.4 is 0 Å². The third-order valence-electron chi connectivity index (χ3n) is 2.27. The number of allylic oxidation sites excluding steroid dienone is 4. The molecule has 18 heavy (non-hydrogen) atoms. The first-order chi connectivity index (χ1) is 8.56. The fourth-order valence-electron chi connectivity index (χ4n) is 1.03. The quantitative estimate of drug-likeness (QED) is 0.307. The number of rotatable bonds is 7. The monoisotopic (exact) mass is 252 g/mol. The topological polar surface area (TPSA) is 45.4 Å². The molecule has 0 fully saturated rings. The lowest BCUT2D eigenvalue weighted by atomic mass is 10.2. The van der Waals surface area contributed by atoms with Crippen molar-refractivity contribution in [2.45, 2.75) is 40.5 Å². The molecule has 0 aliphatic carbocycles. The highest BCUT2D eigenvalue weighted by atomic mass is 19.1. The number of aliphatic imine (C=N–C) groups is 1. The predicted molar refractivity (Wildman–Crippen MR) is 74.6 cm³/mol. The smallest absolute Gasteiger partial charge is 0.157 e. The Hall–Kier alpha value is -1.71. The molecule has 0 aromatic heterocycles. The molecule has 0 aliphatic heterocycles. The van der Waals surface area contributed by atoms with E-state index in [0.717, 1.165) is 18.3 Å². The van der Waals surface area contributed by atoms with Gasteiger partial charge in [0.1, 0.15) is 12.2 Å². The highest BCUT2D eigenvalue weighted by Crippen LogP contribution is 2.15. The fraction of sp³-hybridized carbons (Fsp3) is 0.429.